The van der Waals surface area contributed by atoms with E-state index in [2.05, 4.69) is 0 Å². The predicted octanol–water partition coefficient (Wildman–Crippen LogP) is 4.09. The van der Waals surface area contributed by atoms with Crippen LogP contribution in [-0.4, -0.2) is 5.78 Å². The molecular weight excluding hydrogens is 208 g/mol. The molecule has 0 radical (unpaired) electrons. The van der Waals surface area contributed by atoms with Crippen LogP contribution >= 0.6 is 11.6 Å². The summed E-state index contributed by atoms with van der Waals surface area (Å²) >= 11 is 6.06. The summed E-state index contributed by atoms with van der Waals surface area (Å²) in [5.74, 6) is 0.0943. The lowest BCUT2D eigenvalue weighted by Gasteiger charge is -2.06. The van der Waals surface area contributed by atoms with Gasteiger partial charge in [0.1, 0.15) is 0 Å². The molecule has 0 aliphatic heterocycles. The molecule has 0 fully saturated rings. The highest BCUT2D eigenvalue weighted by molar-refractivity contribution is 6.35. The average Bonchev–Trinajstić information content (AvgIpc) is 2.28. The number of fused-ring (bicyclic) bond motifs is 1. The number of ketones is 1. The van der Waals surface area contributed by atoms with Gasteiger partial charge in [-0.25, -0.2) is 0 Å². The van der Waals surface area contributed by atoms with Crippen LogP contribution in [-0.2, 0) is 0 Å². The van der Waals surface area contributed by atoms with Crippen LogP contribution in [0.4, 0.5) is 0 Å². The molecule has 0 spiro atoms. The van der Waals surface area contributed by atoms with Gasteiger partial charge in [-0.15, -0.1) is 0 Å². The highest BCUT2D eigenvalue weighted by Crippen LogP contribution is 2.27. The van der Waals surface area contributed by atoms with Crippen LogP contribution in [0.15, 0.2) is 36.4 Å². The molecule has 2 rings (SSSR count). The maximum Gasteiger partial charge on any atom is 0.164 e. The van der Waals surface area contributed by atoms with Gasteiger partial charge in [0.2, 0.25) is 0 Å². The van der Waals surface area contributed by atoms with E-state index in [9.17, 15) is 4.79 Å². The quantitative estimate of drug-likeness (QED) is 0.694. The van der Waals surface area contributed by atoms with E-state index in [1.807, 2.05) is 37.3 Å². The smallest absolute Gasteiger partial charge is 0.164 e. The zero-order valence-electron chi connectivity index (χ0n) is 8.46. The molecule has 2 aromatic rings. The van der Waals surface area contributed by atoms with Crippen LogP contribution in [0.2, 0.25) is 5.02 Å². The summed E-state index contributed by atoms with van der Waals surface area (Å²) in [6.45, 7) is 1.85. The second kappa shape index (κ2) is 4.03. The van der Waals surface area contributed by atoms with Crippen LogP contribution < -0.4 is 0 Å². The van der Waals surface area contributed by atoms with Gasteiger partial charge in [0.15, 0.2) is 5.78 Å². The fourth-order valence-corrected chi connectivity index (χ4v) is 1.98. The Morgan fingerprint density at radius 1 is 1.20 bits per heavy atom. The van der Waals surface area contributed by atoms with E-state index in [0.29, 0.717) is 17.0 Å². The summed E-state index contributed by atoms with van der Waals surface area (Å²) < 4.78 is 0. The Kier molecular flexibility index (Phi) is 2.74. The number of carbonyl (C=O) groups is 1. The molecule has 0 aliphatic rings. The summed E-state index contributed by atoms with van der Waals surface area (Å²) in [6, 6.07) is 11.5. The van der Waals surface area contributed by atoms with Crippen molar-refractivity contribution in [3.05, 3.63) is 47.0 Å². The summed E-state index contributed by atoms with van der Waals surface area (Å²) in [6.07, 6.45) is 0.480. The predicted molar refractivity (Wildman–Crippen MR) is 63.6 cm³/mol. The van der Waals surface area contributed by atoms with Gasteiger partial charge >= 0.3 is 0 Å². The molecule has 0 aliphatic carbocycles. The molecule has 0 bridgehead atoms. The van der Waals surface area contributed by atoms with Crippen LogP contribution in [0.25, 0.3) is 10.8 Å². The number of Topliss-reactive ketones (excluding diaryl/α,β-unsaturated/α-hetero) is 1. The van der Waals surface area contributed by atoms with Crippen molar-refractivity contribution in [2.45, 2.75) is 13.3 Å². The number of halogens is 1. The van der Waals surface area contributed by atoms with Crippen molar-refractivity contribution >= 4 is 28.2 Å². The number of hydrogen-bond donors (Lipinski definition) is 0. The van der Waals surface area contributed by atoms with Crippen LogP contribution in [0.3, 0.4) is 0 Å². The van der Waals surface area contributed by atoms with Crippen molar-refractivity contribution in [3.8, 4) is 0 Å². The van der Waals surface area contributed by atoms with E-state index in [1.54, 1.807) is 6.07 Å². The van der Waals surface area contributed by atoms with Crippen molar-refractivity contribution in [1.29, 1.82) is 0 Å². The van der Waals surface area contributed by atoms with E-state index < -0.39 is 0 Å². The first-order valence-corrected chi connectivity index (χ1v) is 5.32. The second-order valence-electron chi connectivity index (χ2n) is 3.42. The van der Waals surface area contributed by atoms with Crippen LogP contribution in [0.1, 0.15) is 23.7 Å². The van der Waals surface area contributed by atoms with Crippen molar-refractivity contribution in [2.75, 3.05) is 0 Å². The van der Waals surface area contributed by atoms with E-state index in [1.165, 1.54) is 0 Å². The Morgan fingerprint density at radius 2 is 1.93 bits per heavy atom. The number of carbonyl (C=O) groups excluding carboxylic acids is 1. The number of benzene rings is 2. The Labute approximate surface area is 93.7 Å². The second-order valence-corrected chi connectivity index (χ2v) is 3.83. The van der Waals surface area contributed by atoms with E-state index in [-0.39, 0.29) is 5.78 Å². The van der Waals surface area contributed by atoms with Gasteiger partial charge in [0.25, 0.3) is 0 Å². The fraction of sp³-hybridized carbons (Fsp3) is 0.154. The molecule has 0 N–H and O–H groups in total. The summed E-state index contributed by atoms with van der Waals surface area (Å²) in [7, 11) is 0. The maximum absolute atomic E-state index is 11.8. The third-order valence-corrected chi connectivity index (χ3v) is 2.79. The number of rotatable bonds is 2. The molecule has 0 atom stereocenters. The Morgan fingerprint density at radius 3 is 2.67 bits per heavy atom. The molecular formula is C13H11ClO. The van der Waals surface area contributed by atoms with Gasteiger partial charge in [-0.1, -0.05) is 48.9 Å². The van der Waals surface area contributed by atoms with Crippen LogP contribution in [0, 0.1) is 0 Å². The van der Waals surface area contributed by atoms with Crippen molar-refractivity contribution < 1.29 is 4.79 Å². The largest absolute Gasteiger partial charge is 0.294 e. The Hall–Kier alpha value is -1.34. The van der Waals surface area contributed by atoms with E-state index >= 15 is 0 Å². The minimum Gasteiger partial charge on any atom is -0.294 e. The molecule has 0 heterocycles. The molecule has 2 heteroatoms. The van der Waals surface area contributed by atoms with Crippen molar-refractivity contribution in [2.24, 2.45) is 0 Å². The zero-order chi connectivity index (χ0) is 10.8. The summed E-state index contributed by atoms with van der Waals surface area (Å²) in [5.41, 5.74) is 0.650. The third-order valence-electron chi connectivity index (χ3n) is 2.48. The standard InChI is InChI=1S/C13H11ClO/c1-2-12(15)13-10-6-4-3-5-9(10)7-8-11(13)14/h3-8H,2H2,1H3. The molecule has 2 aromatic carbocycles. The van der Waals surface area contributed by atoms with Gasteiger partial charge in [-0.05, 0) is 16.8 Å². The SMILES string of the molecule is CCC(=O)c1c(Cl)ccc2ccccc12. The molecule has 15 heavy (non-hydrogen) atoms. The number of hydrogen-bond acceptors (Lipinski definition) is 1. The first-order chi connectivity index (χ1) is 7.24. The molecule has 0 amide bonds. The topological polar surface area (TPSA) is 17.1 Å². The average molecular weight is 219 g/mol. The monoisotopic (exact) mass is 218 g/mol. The highest BCUT2D eigenvalue weighted by Gasteiger charge is 2.11. The van der Waals surface area contributed by atoms with E-state index in [0.717, 1.165) is 10.8 Å². The molecule has 0 saturated carbocycles. The minimum atomic E-state index is 0.0943. The fourth-order valence-electron chi connectivity index (χ4n) is 1.71. The van der Waals surface area contributed by atoms with Gasteiger partial charge in [-0.2, -0.15) is 0 Å². The lowest BCUT2D eigenvalue weighted by molar-refractivity contribution is 0.0990. The van der Waals surface area contributed by atoms with E-state index in [4.69, 9.17) is 11.6 Å². The third kappa shape index (κ3) is 1.75. The molecule has 0 aromatic heterocycles. The van der Waals surface area contributed by atoms with Gasteiger partial charge < -0.3 is 0 Å². The zero-order valence-corrected chi connectivity index (χ0v) is 9.21. The summed E-state index contributed by atoms with van der Waals surface area (Å²) in [4.78, 5) is 11.8. The van der Waals surface area contributed by atoms with Gasteiger partial charge in [-0.3, -0.25) is 4.79 Å². The molecule has 76 valence electrons. The molecule has 1 nitrogen and oxygen atoms in total. The Bertz CT molecular complexity index is 517. The normalized spacial score (nSPS) is 10.5. The van der Waals surface area contributed by atoms with Crippen molar-refractivity contribution in [1.82, 2.24) is 0 Å². The van der Waals surface area contributed by atoms with Crippen molar-refractivity contribution in [3.63, 3.8) is 0 Å². The minimum absolute atomic E-state index is 0.0943. The lowest BCUT2D eigenvalue weighted by atomic mass is 10.0. The Balaban J connectivity index is 2.79. The van der Waals surface area contributed by atoms with Gasteiger partial charge in [0, 0.05) is 12.0 Å². The maximum atomic E-state index is 11.8. The highest BCUT2D eigenvalue weighted by atomic mass is 35.5. The summed E-state index contributed by atoms with van der Waals surface area (Å²) in [5, 5.41) is 2.54. The van der Waals surface area contributed by atoms with Crippen LogP contribution in [0.5, 0.6) is 0 Å². The molecule has 0 saturated heterocycles. The van der Waals surface area contributed by atoms with Gasteiger partial charge in [0.05, 0.1) is 5.02 Å². The molecule has 0 unspecified atom stereocenters. The lowest BCUT2D eigenvalue weighted by Crippen LogP contribution is -1.98. The first-order valence-electron chi connectivity index (χ1n) is 4.94. The first kappa shape index (κ1) is 10.2.